The number of rotatable bonds is 5. The number of aromatic amines is 1. The summed E-state index contributed by atoms with van der Waals surface area (Å²) in [6, 6.07) is 2.26. The molecule has 9 heteroatoms. The van der Waals surface area contributed by atoms with Crippen molar-refractivity contribution in [3.8, 4) is 11.5 Å². The number of hydrogen-bond acceptors (Lipinski definition) is 7. The SMILES string of the molecule is CCNC(=O)c1noc(-c2cnc3[nH]ccc3c2NC2[C@@H]3CC4C[C@H]2CC(O)(C4)C3)n1. The molecular weight excluding hydrogens is 396 g/mol. The molecule has 0 aliphatic heterocycles. The lowest BCUT2D eigenvalue weighted by Crippen LogP contribution is -2.59. The van der Waals surface area contributed by atoms with E-state index in [0.29, 0.717) is 29.9 Å². The Morgan fingerprint density at radius 3 is 2.87 bits per heavy atom. The molecule has 4 bridgehead atoms. The number of H-pyrrole nitrogens is 1. The third-order valence-corrected chi connectivity index (χ3v) is 7.34. The van der Waals surface area contributed by atoms with Crippen LogP contribution in [0.25, 0.3) is 22.5 Å². The van der Waals surface area contributed by atoms with Crippen LogP contribution in [0.2, 0.25) is 0 Å². The zero-order valence-corrected chi connectivity index (χ0v) is 17.4. The molecule has 4 saturated carbocycles. The summed E-state index contributed by atoms with van der Waals surface area (Å²) in [7, 11) is 0. The van der Waals surface area contributed by atoms with Gasteiger partial charge in [0.2, 0.25) is 0 Å². The van der Waals surface area contributed by atoms with Crippen molar-refractivity contribution in [2.75, 3.05) is 11.9 Å². The summed E-state index contributed by atoms with van der Waals surface area (Å²) in [6.07, 6.45) is 8.57. The Kier molecular flexibility index (Phi) is 4.11. The zero-order valence-electron chi connectivity index (χ0n) is 17.4. The molecule has 1 amide bonds. The number of aromatic nitrogens is 4. The van der Waals surface area contributed by atoms with Crippen LogP contribution in [-0.4, -0.2) is 49.3 Å². The smallest absolute Gasteiger partial charge is 0.292 e. The molecule has 3 heterocycles. The van der Waals surface area contributed by atoms with Crippen LogP contribution in [0.3, 0.4) is 0 Å². The van der Waals surface area contributed by atoms with Gasteiger partial charge in [-0.2, -0.15) is 4.98 Å². The summed E-state index contributed by atoms with van der Waals surface area (Å²) in [5, 5.41) is 22.2. The summed E-state index contributed by atoms with van der Waals surface area (Å²) in [5.74, 6) is 1.44. The van der Waals surface area contributed by atoms with Gasteiger partial charge < -0.3 is 25.2 Å². The van der Waals surface area contributed by atoms with Gasteiger partial charge >= 0.3 is 0 Å². The molecule has 4 N–H and O–H groups in total. The first kappa shape index (κ1) is 18.8. The second-order valence-electron chi connectivity index (χ2n) is 9.43. The Balaban J connectivity index is 1.38. The van der Waals surface area contributed by atoms with E-state index >= 15 is 0 Å². The molecule has 162 valence electrons. The molecule has 3 unspecified atom stereocenters. The highest BCUT2D eigenvalue weighted by molar-refractivity contribution is 5.97. The summed E-state index contributed by atoms with van der Waals surface area (Å²) < 4.78 is 5.46. The van der Waals surface area contributed by atoms with Gasteiger partial charge in [-0.25, -0.2) is 4.98 Å². The van der Waals surface area contributed by atoms with Gasteiger partial charge in [0.15, 0.2) is 0 Å². The molecule has 4 fully saturated rings. The van der Waals surface area contributed by atoms with E-state index in [9.17, 15) is 9.90 Å². The first-order valence-electron chi connectivity index (χ1n) is 11.1. The first-order chi connectivity index (χ1) is 15.0. The molecule has 4 aliphatic rings. The number of hydrogen-bond donors (Lipinski definition) is 4. The third-order valence-electron chi connectivity index (χ3n) is 7.34. The van der Waals surface area contributed by atoms with Crippen LogP contribution in [0.5, 0.6) is 0 Å². The number of carbonyl (C=O) groups is 1. The first-order valence-corrected chi connectivity index (χ1v) is 11.1. The van der Waals surface area contributed by atoms with Crippen LogP contribution >= 0.6 is 0 Å². The topological polar surface area (TPSA) is 129 Å². The minimum atomic E-state index is -0.479. The molecule has 3 aromatic heterocycles. The maximum Gasteiger partial charge on any atom is 0.292 e. The number of amides is 1. The molecule has 0 aromatic carbocycles. The van der Waals surface area contributed by atoms with E-state index in [1.165, 1.54) is 0 Å². The number of carbonyl (C=O) groups excluding carboxylic acids is 1. The molecule has 0 spiro atoms. The van der Waals surface area contributed by atoms with Gasteiger partial charge in [-0.1, -0.05) is 5.16 Å². The van der Waals surface area contributed by atoms with E-state index in [4.69, 9.17) is 4.52 Å². The molecular formula is C22H26N6O3. The molecule has 7 rings (SSSR count). The van der Waals surface area contributed by atoms with E-state index in [1.54, 1.807) is 6.20 Å². The fourth-order valence-corrected chi connectivity index (χ4v) is 6.37. The predicted octanol–water partition coefficient (Wildman–Crippen LogP) is 2.71. The molecule has 4 aliphatic carbocycles. The molecule has 0 saturated heterocycles. The summed E-state index contributed by atoms with van der Waals surface area (Å²) in [6.45, 7) is 2.33. The standard InChI is InChI=1S/C22H26N6O3/c1-2-23-20(29)19-27-21(31-28-19)15-10-25-18-14(3-4-24-18)17(15)26-16-12-5-11-6-13(16)9-22(30,7-11)8-12/h3-4,10-13,16,30H,2,5-9H2,1H3,(H,23,29)(H2,24,25,26)/t11?,12-,13+,16?,22?. The van der Waals surface area contributed by atoms with Gasteiger partial charge in [0.25, 0.3) is 17.6 Å². The highest BCUT2D eigenvalue weighted by atomic mass is 16.5. The van der Waals surface area contributed by atoms with Crippen molar-refractivity contribution >= 4 is 22.6 Å². The molecule has 5 atom stereocenters. The minimum absolute atomic E-state index is 0.00816. The van der Waals surface area contributed by atoms with Crippen LogP contribution in [0, 0.1) is 17.8 Å². The van der Waals surface area contributed by atoms with E-state index in [2.05, 4.69) is 30.7 Å². The second kappa shape index (κ2) is 6.78. The van der Waals surface area contributed by atoms with Crippen molar-refractivity contribution in [3.63, 3.8) is 0 Å². The second-order valence-corrected chi connectivity index (χ2v) is 9.43. The highest BCUT2D eigenvalue weighted by Crippen LogP contribution is 2.56. The lowest BCUT2D eigenvalue weighted by molar-refractivity contribution is -0.129. The average molecular weight is 422 g/mol. The van der Waals surface area contributed by atoms with Gasteiger partial charge in [0.05, 0.1) is 16.9 Å². The fourth-order valence-electron chi connectivity index (χ4n) is 6.37. The van der Waals surface area contributed by atoms with Crippen molar-refractivity contribution in [2.24, 2.45) is 17.8 Å². The summed E-state index contributed by atoms with van der Waals surface area (Å²) in [4.78, 5) is 24.1. The van der Waals surface area contributed by atoms with Crippen LogP contribution in [0.1, 0.15) is 49.6 Å². The monoisotopic (exact) mass is 422 g/mol. The van der Waals surface area contributed by atoms with Gasteiger partial charge in [0.1, 0.15) is 5.65 Å². The van der Waals surface area contributed by atoms with Crippen LogP contribution in [-0.2, 0) is 0 Å². The van der Waals surface area contributed by atoms with Crippen LogP contribution in [0.4, 0.5) is 5.69 Å². The Morgan fingerprint density at radius 1 is 1.32 bits per heavy atom. The normalized spacial score (nSPS) is 31.3. The number of nitrogens with zero attached hydrogens (tertiary/aromatic N) is 3. The largest absolute Gasteiger partial charge is 0.390 e. The van der Waals surface area contributed by atoms with Crippen molar-refractivity contribution < 1.29 is 14.4 Å². The van der Waals surface area contributed by atoms with Crippen LogP contribution < -0.4 is 10.6 Å². The molecule has 31 heavy (non-hydrogen) atoms. The molecule has 3 aromatic rings. The zero-order chi connectivity index (χ0) is 21.2. The number of nitrogens with one attached hydrogen (secondary N) is 3. The fraction of sp³-hybridized carbons (Fsp3) is 0.545. The van der Waals surface area contributed by atoms with Gasteiger partial charge in [-0.05, 0) is 62.8 Å². The average Bonchev–Trinajstić information content (AvgIpc) is 3.39. The quantitative estimate of drug-likeness (QED) is 0.497. The summed E-state index contributed by atoms with van der Waals surface area (Å²) >= 11 is 0. The van der Waals surface area contributed by atoms with Gasteiger partial charge in [0, 0.05) is 30.4 Å². The lowest BCUT2D eigenvalue weighted by Gasteiger charge is -2.58. The van der Waals surface area contributed by atoms with Crippen molar-refractivity contribution in [2.45, 2.75) is 50.7 Å². The Morgan fingerprint density at radius 2 is 2.13 bits per heavy atom. The third kappa shape index (κ3) is 3.02. The predicted molar refractivity (Wildman–Crippen MR) is 113 cm³/mol. The Labute approximate surface area is 179 Å². The van der Waals surface area contributed by atoms with E-state index in [0.717, 1.165) is 48.8 Å². The van der Waals surface area contributed by atoms with E-state index in [1.807, 2.05) is 19.2 Å². The van der Waals surface area contributed by atoms with Gasteiger partial charge in [-0.15, -0.1) is 0 Å². The number of anilines is 1. The van der Waals surface area contributed by atoms with E-state index in [-0.39, 0.29) is 23.7 Å². The van der Waals surface area contributed by atoms with Crippen LogP contribution in [0.15, 0.2) is 23.0 Å². The number of aliphatic hydroxyl groups is 1. The molecule has 0 radical (unpaired) electrons. The number of fused-ring (bicyclic) bond motifs is 1. The Bertz CT molecular complexity index is 1140. The van der Waals surface area contributed by atoms with Crippen molar-refractivity contribution in [3.05, 3.63) is 24.3 Å². The van der Waals surface area contributed by atoms with Crippen molar-refractivity contribution in [1.82, 2.24) is 25.4 Å². The molecule has 9 nitrogen and oxygen atoms in total. The summed E-state index contributed by atoms with van der Waals surface area (Å²) in [5.41, 5.74) is 1.87. The Hall–Kier alpha value is -2.94. The van der Waals surface area contributed by atoms with Crippen molar-refractivity contribution in [1.29, 1.82) is 0 Å². The maximum absolute atomic E-state index is 12.1. The minimum Gasteiger partial charge on any atom is -0.390 e. The highest BCUT2D eigenvalue weighted by Gasteiger charge is 2.54. The number of pyridine rings is 1. The van der Waals surface area contributed by atoms with Gasteiger partial charge in [-0.3, -0.25) is 4.79 Å². The lowest BCUT2D eigenvalue weighted by atomic mass is 9.52. The van der Waals surface area contributed by atoms with E-state index < -0.39 is 5.60 Å². The maximum atomic E-state index is 12.1.